The Morgan fingerprint density at radius 1 is 0.326 bits per heavy atom. The Morgan fingerprint density at radius 3 is 1.28 bits per heavy atom. The normalized spacial score (nSPS) is 12.5. The van der Waals surface area contributed by atoms with E-state index in [1.54, 1.807) is 0 Å². The van der Waals surface area contributed by atoms with Gasteiger partial charge in [0.2, 0.25) is 0 Å². The van der Waals surface area contributed by atoms with E-state index >= 15 is 0 Å². The van der Waals surface area contributed by atoms with Gasteiger partial charge in [-0.05, 0) is 168 Å². The van der Waals surface area contributed by atoms with Gasteiger partial charge in [0.25, 0.3) is 0 Å². The molecule has 0 amide bonds. The molecule has 3 nitrogen and oxygen atoms in total. The second-order valence-corrected chi connectivity index (χ2v) is 22.8. The molecule has 14 aromatic carbocycles. The summed E-state index contributed by atoms with van der Waals surface area (Å²) in [4.78, 5) is 5.00. The third-order valence-electron chi connectivity index (χ3n) is 18.2. The van der Waals surface area contributed by atoms with Crippen molar-refractivity contribution < 1.29 is 4.42 Å². The molecule has 0 atom stereocenters. The Bertz CT molecular complexity index is 5010. The summed E-state index contributed by atoms with van der Waals surface area (Å²) in [5.74, 6) is 0. The first-order chi connectivity index (χ1) is 42.6. The van der Waals surface area contributed by atoms with E-state index in [0.29, 0.717) is 0 Å². The summed E-state index contributed by atoms with van der Waals surface area (Å²) >= 11 is 0. The van der Waals surface area contributed by atoms with Crippen molar-refractivity contribution in [2.75, 3.05) is 9.80 Å². The summed E-state index contributed by atoms with van der Waals surface area (Å²) in [5.41, 5.74) is 21.7. The van der Waals surface area contributed by atoms with Crippen LogP contribution in [0.2, 0.25) is 0 Å². The predicted molar refractivity (Wildman–Crippen MR) is 363 cm³/mol. The standard InChI is InChI=1S/C83H60N2O/c1-3-55-39-43-63(44-40-55)84(65-47-49-69-59(51-65)27-21-36-67(69)57-23-9-5-10-24-57)76-53-74-79(72-34-18-17-33-71(72)76)81-75(83(74,61-29-13-7-14-30-61)62-31-15-8-16-32-62)54-77(80-73-35-19-20-38-78(73)86-82(80)81)85(64-45-41-56(4-2)42-46-64)66-48-50-70-60(52-66)28-22-37-68(70)58-25-11-6-12-26-58/h5-54H,3-4H2,1-2H3. The molecule has 408 valence electrons. The first-order valence-electron chi connectivity index (χ1n) is 30.2. The van der Waals surface area contributed by atoms with Crippen LogP contribution in [-0.2, 0) is 18.3 Å². The average Bonchev–Trinajstić information content (AvgIpc) is 1.51. The van der Waals surface area contributed by atoms with E-state index in [9.17, 15) is 0 Å². The highest BCUT2D eigenvalue weighted by Gasteiger charge is 2.50. The van der Waals surface area contributed by atoms with Gasteiger partial charge in [-0.2, -0.15) is 0 Å². The smallest absolute Gasteiger partial charge is 0.145 e. The maximum atomic E-state index is 7.58. The molecule has 1 aliphatic rings. The van der Waals surface area contributed by atoms with Crippen molar-refractivity contribution >= 4 is 88.4 Å². The zero-order chi connectivity index (χ0) is 57.3. The molecule has 0 saturated heterocycles. The first-order valence-corrected chi connectivity index (χ1v) is 30.2. The highest BCUT2D eigenvalue weighted by molar-refractivity contribution is 6.23. The molecule has 1 aromatic heterocycles. The Morgan fingerprint density at radius 2 is 0.756 bits per heavy atom. The number of nitrogens with zero attached hydrogens (tertiary/aromatic N) is 2. The molecule has 1 aliphatic carbocycles. The highest BCUT2D eigenvalue weighted by atomic mass is 16.3. The SMILES string of the molecule is CCc1ccc(N(c2ccc3c(-c4ccccc4)cccc3c2)c2cc3c(c4ccccc24)-c2c(cc(N(c4ccc(CC)cc4)c4ccc5c(-c6ccccc6)cccc5c4)c4c2oc2ccccc24)C3(c2ccccc2)c2ccccc2)cc1. The molecule has 1 heterocycles. The minimum atomic E-state index is -0.856. The van der Waals surface area contributed by atoms with E-state index in [1.165, 1.54) is 77.2 Å². The molecule has 0 saturated carbocycles. The van der Waals surface area contributed by atoms with Crippen LogP contribution in [0.25, 0.3) is 87.6 Å². The maximum Gasteiger partial charge on any atom is 0.145 e. The fraction of sp³-hybridized carbons (Fsp3) is 0.0602. The van der Waals surface area contributed by atoms with Crippen molar-refractivity contribution in [3.63, 3.8) is 0 Å². The Labute approximate surface area is 501 Å². The second kappa shape index (κ2) is 20.8. The van der Waals surface area contributed by atoms with Crippen LogP contribution in [0.4, 0.5) is 34.1 Å². The molecule has 0 aliphatic heterocycles. The molecule has 0 bridgehead atoms. The van der Waals surface area contributed by atoms with Crippen molar-refractivity contribution in [3.05, 3.63) is 337 Å². The molecule has 0 fully saturated rings. The molecule has 0 radical (unpaired) electrons. The number of benzene rings is 14. The predicted octanol–water partition coefficient (Wildman–Crippen LogP) is 22.8. The largest absolute Gasteiger partial charge is 0.455 e. The van der Waals surface area contributed by atoms with Crippen LogP contribution in [0.5, 0.6) is 0 Å². The van der Waals surface area contributed by atoms with Gasteiger partial charge in [-0.15, -0.1) is 0 Å². The van der Waals surface area contributed by atoms with Crippen molar-refractivity contribution in [1.29, 1.82) is 0 Å². The molecule has 0 N–H and O–H groups in total. The van der Waals surface area contributed by atoms with Crippen LogP contribution in [0.15, 0.2) is 308 Å². The maximum absolute atomic E-state index is 7.58. The van der Waals surface area contributed by atoms with Crippen LogP contribution >= 0.6 is 0 Å². The van der Waals surface area contributed by atoms with E-state index in [1.807, 2.05) is 0 Å². The van der Waals surface area contributed by atoms with E-state index in [-0.39, 0.29) is 0 Å². The topological polar surface area (TPSA) is 19.6 Å². The summed E-state index contributed by atoms with van der Waals surface area (Å²) in [6.45, 7) is 4.46. The van der Waals surface area contributed by atoms with E-state index in [4.69, 9.17) is 4.42 Å². The van der Waals surface area contributed by atoms with Crippen molar-refractivity contribution in [3.8, 4) is 33.4 Å². The van der Waals surface area contributed by atoms with Gasteiger partial charge in [-0.3, -0.25) is 0 Å². The lowest BCUT2D eigenvalue weighted by Gasteiger charge is -2.36. The van der Waals surface area contributed by atoms with Crippen LogP contribution in [-0.4, -0.2) is 0 Å². The quantitative estimate of drug-likeness (QED) is 0.122. The summed E-state index contributed by atoms with van der Waals surface area (Å²) in [6, 6.07) is 113. The van der Waals surface area contributed by atoms with Crippen molar-refractivity contribution in [1.82, 2.24) is 0 Å². The minimum absolute atomic E-state index is 0.845. The number of fused-ring (bicyclic) bond motifs is 11. The number of rotatable bonds is 12. The van der Waals surface area contributed by atoms with Gasteiger partial charge >= 0.3 is 0 Å². The summed E-state index contributed by atoms with van der Waals surface area (Å²) < 4.78 is 7.58. The van der Waals surface area contributed by atoms with E-state index < -0.39 is 5.41 Å². The van der Waals surface area contributed by atoms with E-state index in [0.717, 1.165) is 90.8 Å². The molecule has 16 rings (SSSR count). The summed E-state index contributed by atoms with van der Waals surface area (Å²) in [5, 5.41) is 9.19. The van der Waals surface area contributed by atoms with Crippen LogP contribution in [0, 0.1) is 0 Å². The Balaban J connectivity index is 1.03. The third-order valence-corrected chi connectivity index (χ3v) is 18.2. The lowest BCUT2D eigenvalue weighted by molar-refractivity contribution is 0.669. The van der Waals surface area contributed by atoms with Crippen LogP contribution in [0.3, 0.4) is 0 Å². The van der Waals surface area contributed by atoms with Gasteiger partial charge in [0, 0.05) is 39.1 Å². The lowest BCUT2D eigenvalue weighted by Crippen LogP contribution is -2.29. The van der Waals surface area contributed by atoms with Crippen LogP contribution < -0.4 is 9.80 Å². The first kappa shape index (κ1) is 50.9. The summed E-state index contributed by atoms with van der Waals surface area (Å²) in [7, 11) is 0. The number of hydrogen-bond donors (Lipinski definition) is 0. The average molecular weight is 1100 g/mol. The number of furan rings is 1. The van der Waals surface area contributed by atoms with Crippen LogP contribution in [0.1, 0.15) is 47.2 Å². The Hall–Kier alpha value is -10.7. The molecule has 86 heavy (non-hydrogen) atoms. The monoisotopic (exact) mass is 1100 g/mol. The molecule has 0 unspecified atom stereocenters. The summed E-state index contributed by atoms with van der Waals surface area (Å²) in [6.07, 6.45) is 1.89. The molecular formula is C83H60N2O. The fourth-order valence-electron chi connectivity index (χ4n) is 14.2. The van der Waals surface area contributed by atoms with Gasteiger partial charge in [-0.1, -0.05) is 250 Å². The number of hydrogen-bond acceptors (Lipinski definition) is 3. The van der Waals surface area contributed by atoms with Crippen molar-refractivity contribution in [2.45, 2.75) is 32.1 Å². The number of para-hydroxylation sites is 1. The zero-order valence-electron chi connectivity index (χ0n) is 48.1. The van der Waals surface area contributed by atoms with Gasteiger partial charge in [-0.25, -0.2) is 0 Å². The molecule has 3 heteroatoms. The Kier molecular flexibility index (Phi) is 12.4. The molecule has 15 aromatic rings. The van der Waals surface area contributed by atoms with Crippen molar-refractivity contribution in [2.24, 2.45) is 0 Å². The highest BCUT2D eigenvalue weighted by Crippen LogP contribution is 2.64. The second-order valence-electron chi connectivity index (χ2n) is 22.8. The van der Waals surface area contributed by atoms with E-state index in [2.05, 4.69) is 327 Å². The number of aryl methyl sites for hydroxylation is 2. The van der Waals surface area contributed by atoms with Gasteiger partial charge in [0.15, 0.2) is 0 Å². The fourth-order valence-corrected chi connectivity index (χ4v) is 14.2. The van der Waals surface area contributed by atoms with Gasteiger partial charge in [0.05, 0.1) is 22.2 Å². The minimum Gasteiger partial charge on any atom is -0.455 e. The lowest BCUT2D eigenvalue weighted by atomic mass is 9.67. The van der Waals surface area contributed by atoms with Gasteiger partial charge in [0.1, 0.15) is 11.2 Å². The number of anilines is 6. The molecular weight excluding hydrogens is 1040 g/mol. The third kappa shape index (κ3) is 8.10. The molecule has 0 spiro atoms. The zero-order valence-corrected chi connectivity index (χ0v) is 48.1. The van der Waals surface area contributed by atoms with Gasteiger partial charge < -0.3 is 14.2 Å².